The molecule has 0 saturated carbocycles. The van der Waals surface area contributed by atoms with Crippen LogP contribution in [0.15, 0.2) is 28.1 Å². The Balaban J connectivity index is 2.31. The second-order valence-corrected chi connectivity index (χ2v) is 3.55. The van der Waals surface area contributed by atoms with Gasteiger partial charge in [0, 0.05) is 10.8 Å². The van der Waals surface area contributed by atoms with Crippen LogP contribution in [0.4, 0.5) is 0 Å². The molecule has 2 atom stereocenters. The molecule has 1 aliphatic heterocycles. The highest BCUT2D eigenvalue weighted by atomic mass is 32.2. The molecule has 2 unspecified atom stereocenters. The van der Waals surface area contributed by atoms with E-state index in [1.165, 1.54) is 4.91 Å². The van der Waals surface area contributed by atoms with E-state index in [-0.39, 0.29) is 0 Å². The van der Waals surface area contributed by atoms with Crippen LogP contribution in [0, 0.1) is 5.92 Å². The van der Waals surface area contributed by atoms with E-state index in [1.54, 1.807) is 11.8 Å². The molecule has 0 aromatic rings. The highest BCUT2D eigenvalue weighted by Gasteiger charge is 2.23. The van der Waals surface area contributed by atoms with E-state index in [2.05, 4.69) is 30.1 Å². The van der Waals surface area contributed by atoms with Crippen molar-refractivity contribution in [2.75, 3.05) is 0 Å². The highest BCUT2D eigenvalue weighted by Crippen LogP contribution is 2.33. The molecule has 0 aromatic carbocycles. The van der Waals surface area contributed by atoms with E-state index in [0.29, 0.717) is 12.0 Å². The molecule has 2 aliphatic rings. The van der Waals surface area contributed by atoms with Gasteiger partial charge in [-0.05, 0) is 0 Å². The minimum atomic E-state index is 0.440. The second kappa shape index (κ2) is 2.27. The van der Waals surface area contributed by atoms with E-state index in [4.69, 9.17) is 0 Å². The van der Waals surface area contributed by atoms with E-state index in [9.17, 15) is 0 Å². The van der Waals surface area contributed by atoms with Crippen molar-refractivity contribution in [3.63, 3.8) is 0 Å². The fourth-order valence-electron chi connectivity index (χ4n) is 1.26. The van der Waals surface area contributed by atoms with Gasteiger partial charge in [0.2, 0.25) is 0 Å². The Labute approximate surface area is 64.9 Å². The number of nitrogens with zero attached hydrogens (tertiary/aromatic N) is 1. The molecule has 1 aliphatic carbocycles. The third-order valence-corrected chi connectivity index (χ3v) is 2.75. The van der Waals surface area contributed by atoms with Gasteiger partial charge in [-0.15, -0.1) is 0 Å². The molecule has 2 heteroatoms. The summed E-state index contributed by atoms with van der Waals surface area (Å²) >= 11 is 1.75. The molecule has 0 aromatic heterocycles. The lowest BCUT2D eigenvalue weighted by Crippen LogP contribution is -2.14. The van der Waals surface area contributed by atoms with Gasteiger partial charge in [-0.2, -0.15) is 0 Å². The maximum absolute atomic E-state index is 4.36. The normalized spacial score (nSPS) is 35.9. The molecule has 0 spiro atoms. The van der Waals surface area contributed by atoms with Gasteiger partial charge in [-0.25, -0.2) is 0 Å². The van der Waals surface area contributed by atoms with E-state index >= 15 is 0 Å². The summed E-state index contributed by atoms with van der Waals surface area (Å²) in [7, 11) is 0. The van der Waals surface area contributed by atoms with Crippen LogP contribution in [0.25, 0.3) is 0 Å². The second-order valence-electron chi connectivity index (χ2n) is 2.63. The number of aliphatic imine (C=N–C) groups is 1. The molecule has 1 heterocycles. The quantitative estimate of drug-likeness (QED) is 0.517. The van der Waals surface area contributed by atoms with Gasteiger partial charge in [0.05, 0.1) is 11.6 Å². The van der Waals surface area contributed by atoms with Crippen LogP contribution < -0.4 is 0 Å². The van der Waals surface area contributed by atoms with Crippen molar-refractivity contribution in [1.29, 1.82) is 0 Å². The van der Waals surface area contributed by atoms with Crippen LogP contribution >= 0.6 is 11.8 Å². The Kier molecular flexibility index (Phi) is 1.42. The van der Waals surface area contributed by atoms with Gasteiger partial charge in [0.25, 0.3) is 0 Å². The third-order valence-electron chi connectivity index (χ3n) is 1.87. The Morgan fingerprint density at radius 1 is 1.60 bits per heavy atom. The molecule has 0 radical (unpaired) electrons. The van der Waals surface area contributed by atoms with Gasteiger partial charge in [0.15, 0.2) is 0 Å². The van der Waals surface area contributed by atoms with Gasteiger partial charge in [0.1, 0.15) is 0 Å². The zero-order valence-corrected chi connectivity index (χ0v) is 6.64. The van der Waals surface area contributed by atoms with Gasteiger partial charge >= 0.3 is 0 Å². The molecule has 1 nitrogen and oxygen atoms in total. The van der Waals surface area contributed by atoms with Crippen molar-refractivity contribution in [2.24, 2.45) is 10.9 Å². The number of hydrogen-bond acceptors (Lipinski definition) is 2. The summed E-state index contributed by atoms with van der Waals surface area (Å²) in [5.74, 6) is 0.589. The zero-order chi connectivity index (χ0) is 6.97. The number of fused-ring (bicyclic) bond motifs is 1. The van der Waals surface area contributed by atoms with E-state index in [0.717, 1.165) is 0 Å². The van der Waals surface area contributed by atoms with Gasteiger partial charge in [-0.3, -0.25) is 4.99 Å². The lowest BCUT2D eigenvalue weighted by Gasteiger charge is -2.16. The fourth-order valence-corrected chi connectivity index (χ4v) is 2.15. The molecule has 0 amide bonds. The van der Waals surface area contributed by atoms with E-state index < -0.39 is 0 Å². The average Bonchev–Trinajstić information content (AvgIpc) is 2.36. The number of rotatable bonds is 0. The average molecular weight is 151 g/mol. The summed E-state index contributed by atoms with van der Waals surface area (Å²) in [6.45, 7) is 2.21. The predicted molar refractivity (Wildman–Crippen MR) is 46.3 cm³/mol. The molecule has 0 fully saturated rings. The maximum atomic E-state index is 4.36. The highest BCUT2D eigenvalue weighted by molar-refractivity contribution is 8.15. The summed E-state index contributed by atoms with van der Waals surface area (Å²) in [6, 6.07) is 0.440. The van der Waals surface area contributed by atoms with Crippen molar-refractivity contribution in [3.8, 4) is 0 Å². The lowest BCUT2D eigenvalue weighted by molar-refractivity contribution is 0.627. The first-order chi connectivity index (χ1) is 4.88. The van der Waals surface area contributed by atoms with Crippen molar-refractivity contribution in [2.45, 2.75) is 13.0 Å². The van der Waals surface area contributed by atoms with Crippen LogP contribution in [0.5, 0.6) is 0 Å². The summed E-state index contributed by atoms with van der Waals surface area (Å²) in [5.41, 5.74) is 1.94. The van der Waals surface area contributed by atoms with Crippen LogP contribution in [0.1, 0.15) is 6.92 Å². The molecular weight excluding hydrogens is 142 g/mol. The maximum Gasteiger partial charge on any atom is 0.0877 e. The standard InChI is InChI=1S/C8H9NS/c1-6-3-2-4-7-8(6)9-5-10-7/h2-6,8H,1H3. The smallest absolute Gasteiger partial charge is 0.0877 e. The zero-order valence-electron chi connectivity index (χ0n) is 5.82. The summed E-state index contributed by atoms with van der Waals surface area (Å²) in [4.78, 5) is 5.76. The number of thioether (sulfide) groups is 1. The Morgan fingerprint density at radius 3 is 3.30 bits per heavy atom. The Hall–Kier alpha value is -0.500. The Bertz CT molecular complexity index is 227. The monoisotopic (exact) mass is 151 g/mol. The summed E-state index contributed by atoms with van der Waals surface area (Å²) in [5, 5.41) is 0. The molecule has 52 valence electrons. The molecule has 10 heavy (non-hydrogen) atoms. The van der Waals surface area contributed by atoms with E-state index in [1.807, 2.05) is 5.55 Å². The largest absolute Gasteiger partial charge is 0.277 e. The minimum absolute atomic E-state index is 0.440. The van der Waals surface area contributed by atoms with Gasteiger partial charge in [-0.1, -0.05) is 36.9 Å². The molecule has 0 saturated heterocycles. The van der Waals surface area contributed by atoms with Crippen molar-refractivity contribution < 1.29 is 0 Å². The van der Waals surface area contributed by atoms with Crippen molar-refractivity contribution in [3.05, 3.63) is 23.1 Å². The van der Waals surface area contributed by atoms with Crippen molar-refractivity contribution in [1.82, 2.24) is 0 Å². The van der Waals surface area contributed by atoms with Crippen LogP contribution in [0.3, 0.4) is 0 Å². The number of hydrogen-bond donors (Lipinski definition) is 0. The topological polar surface area (TPSA) is 12.4 Å². The number of allylic oxidation sites excluding steroid dienone is 2. The molecule has 2 rings (SSSR count). The lowest BCUT2D eigenvalue weighted by atomic mass is 9.98. The molecular formula is C8H9NS. The Morgan fingerprint density at radius 2 is 2.50 bits per heavy atom. The minimum Gasteiger partial charge on any atom is -0.277 e. The van der Waals surface area contributed by atoms with Gasteiger partial charge < -0.3 is 0 Å². The first-order valence-electron chi connectivity index (χ1n) is 3.44. The summed E-state index contributed by atoms with van der Waals surface area (Å²) < 4.78 is 0. The van der Waals surface area contributed by atoms with Crippen LogP contribution in [-0.4, -0.2) is 11.6 Å². The van der Waals surface area contributed by atoms with Crippen LogP contribution in [-0.2, 0) is 0 Å². The van der Waals surface area contributed by atoms with Crippen molar-refractivity contribution >= 4 is 17.3 Å². The fraction of sp³-hybridized carbons (Fsp3) is 0.375. The first kappa shape index (κ1) is 6.23. The first-order valence-corrected chi connectivity index (χ1v) is 4.32. The third kappa shape index (κ3) is 0.833. The summed E-state index contributed by atoms with van der Waals surface area (Å²) in [6.07, 6.45) is 6.48. The molecule has 0 N–H and O–H groups in total. The SMILES string of the molecule is CC1C=CC=C2SC=NC21. The van der Waals surface area contributed by atoms with Crippen LogP contribution in [0.2, 0.25) is 0 Å². The predicted octanol–water partition coefficient (Wildman–Crippen LogP) is 2.22. The molecule has 0 bridgehead atoms.